The zero-order chi connectivity index (χ0) is 21.7. The topological polar surface area (TPSA) is 81.0 Å². The number of nitrogens with one attached hydrogen (secondary N) is 1. The van der Waals surface area contributed by atoms with Crippen LogP contribution in [0.1, 0.15) is 28.6 Å². The first-order chi connectivity index (χ1) is 14.5. The van der Waals surface area contributed by atoms with Crippen molar-refractivity contribution in [1.29, 1.82) is 0 Å². The molecule has 0 spiro atoms. The summed E-state index contributed by atoms with van der Waals surface area (Å²) in [5, 5.41) is 3.67. The molecule has 0 fully saturated rings. The van der Waals surface area contributed by atoms with Crippen molar-refractivity contribution in [3.8, 4) is 11.5 Å². The molecule has 30 heavy (non-hydrogen) atoms. The van der Waals surface area contributed by atoms with E-state index in [0.29, 0.717) is 23.6 Å². The third kappa shape index (κ3) is 4.40. The number of amides is 2. The van der Waals surface area contributed by atoms with E-state index in [0.717, 1.165) is 28.7 Å². The number of carbonyl (C=O) groups excluding carboxylic acids is 2. The van der Waals surface area contributed by atoms with Crippen molar-refractivity contribution in [2.45, 2.75) is 19.9 Å². The Hall–Kier alpha value is -3.48. The summed E-state index contributed by atoms with van der Waals surface area (Å²) >= 11 is 0. The van der Waals surface area contributed by atoms with Gasteiger partial charge in [0.25, 0.3) is 5.91 Å². The molecule has 1 heterocycles. The number of fused-ring (bicyclic) bond motifs is 1. The molecule has 7 nitrogen and oxygen atoms in total. The second-order valence-electron chi connectivity index (χ2n) is 6.86. The van der Waals surface area contributed by atoms with Gasteiger partial charge in [0.2, 0.25) is 5.91 Å². The lowest BCUT2D eigenvalue weighted by Gasteiger charge is -2.18. The number of para-hydroxylation sites is 1. The quantitative estimate of drug-likeness (QED) is 0.616. The molecule has 3 aromatic rings. The highest BCUT2D eigenvalue weighted by molar-refractivity contribution is 5.97. The monoisotopic (exact) mass is 410 g/mol. The Morgan fingerprint density at radius 3 is 2.50 bits per heavy atom. The molecule has 1 N–H and O–H groups in total. The Morgan fingerprint density at radius 1 is 1.07 bits per heavy atom. The number of rotatable bonds is 8. The number of benzene rings is 2. The Kier molecular flexibility index (Phi) is 6.61. The van der Waals surface area contributed by atoms with Crippen LogP contribution in [0.4, 0.5) is 0 Å². The first-order valence-electron chi connectivity index (χ1n) is 9.71. The average molecular weight is 410 g/mol. The second kappa shape index (κ2) is 9.35. The minimum atomic E-state index is -0.360. The van der Waals surface area contributed by atoms with Crippen LogP contribution in [0.25, 0.3) is 11.0 Å². The van der Waals surface area contributed by atoms with Crippen molar-refractivity contribution in [2.24, 2.45) is 0 Å². The highest BCUT2D eigenvalue weighted by Crippen LogP contribution is 2.28. The van der Waals surface area contributed by atoms with E-state index in [9.17, 15) is 9.59 Å². The number of ether oxygens (including phenoxy) is 2. The Balaban J connectivity index is 1.65. The lowest BCUT2D eigenvalue weighted by Crippen LogP contribution is -2.37. The van der Waals surface area contributed by atoms with Gasteiger partial charge in [0.15, 0.2) is 11.5 Å². The molecule has 0 radical (unpaired) electrons. The molecule has 0 saturated heterocycles. The predicted octanol–water partition coefficient (Wildman–Crippen LogP) is 3.40. The van der Waals surface area contributed by atoms with Crippen molar-refractivity contribution >= 4 is 22.8 Å². The summed E-state index contributed by atoms with van der Waals surface area (Å²) in [6.07, 6.45) is 0.738. The summed E-state index contributed by atoms with van der Waals surface area (Å²) in [6.45, 7) is 2.32. The Morgan fingerprint density at radius 2 is 1.80 bits per heavy atom. The molecular formula is C23H26N2O5. The Labute approximate surface area is 175 Å². The lowest BCUT2D eigenvalue weighted by atomic mass is 10.1. The summed E-state index contributed by atoms with van der Waals surface area (Å²) < 4.78 is 16.3. The molecule has 1 aromatic heterocycles. The third-order valence-corrected chi connectivity index (χ3v) is 4.97. The van der Waals surface area contributed by atoms with Crippen molar-refractivity contribution in [3.63, 3.8) is 0 Å². The zero-order valence-electron chi connectivity index (χ0n) is 17.7. The number of likely N-dealkylation sites (N-methyl/N-ethyl adjacent to an activating group) is 1. The molecule has 3 rings (SSSR count). The number of hydrogen-bond donors (Lipinski definition) is 1. The SMILES string of the molecule is CCc1oc2ccccc2c1CN(C)C(=O)CNC(=O)c1ccc(OC)c(OC)c1. The molecule has 0 aliphatic rings. The van der Waals surface area contributed by atoms with Crippen LogP contribution in [-0.4, -0.2) is 44.5 Å². The fourth-order valence-corrected chi connectivity index (χ4v) is 3.30. The maximum Gasteiger partial charge on any atom is 0.251 e. The molecule has 0 atom stereocenters. The molecule has 0 aliphatic heterocycles. The standard InChI is InChI=1S/C23H26N2O5/c1-5-18-17(16-8-6-7-9-19(16)30-18)14-25(2)22(26)13-24-23(27)15-10-11-20(28-3)21(12-15)29-4/h6-12H,5,13-14H2,1-4H3,(H,24,27). The van der Waals surface area contributed by atoms with Crippen LogP contribution >= 0.6 is 0 Å². The third-order valence-electron chi connectivity index (χ3n) is 4.97. The molecule has 0 unspecified atom stereocenters. The molecule has 0 bridgehead atoms. The molecule has 2 aromatic carbocycles. The van der Waals surface area contributed by atoms with E-state index in [2.05, 4.69) is 5.32 Å². The van der Waals surface area contributed by atoms with E-state index in [1.807, 2.05) is 31.2 Å². The van der Waals surface area contributed by atoms with Gasteiger partial charge in [-0.05, 0) is 24.3 Å². The van der Waals surface area contributed by atoms with Gasteiger partial charge < -0.3 is 24.1 Å². The molecule has 2 amide bonds. The summed E-state index contributed by atoms with van der Waals surface area (Å²) in [4.78, 5) is 26.6. The fourth-order valence-electron chi connectivity index (χ4n) is 3.30. The van der Waals surface area contributed by atoms with E-state index in [1.54, 1.807) is 30.1 Å². The van der Waals surface area contributed by atoms with Crippen LogP contribution in [0.15, 0.2) is 46.9 Å². The number of furan rings is 1. The fraction of sp³-hybridized carbons (Fsp3) is 0.304. The van der Waals surface area contributed by atoms with E-state index >= 15 is 0 Å². The zero-order valence-corrected chi connectivity index (χ0v) is 17.7. The van der Waals surface area contributed by atoms with Gasteiger partial charge in [-0.2, -0.15) is 0 Å². The number of aryl methyl sites for hydroxylation is 1. The minimum Gasteiger partial charge on any atom is -0.493 e. The smallest absolute Gasteiger partial charge is 0.251 e. The van der Waals surface area contributed by atoms with Gasteiger partial charge in [0.1, 0.15) is 11.3 Å². The average Bonchev–Trinajstić information content (AvgIpc) is 3.14. The lowest BCUT2D eigenvalue weighted by molar-refractivity contribution is -0.129. The van der Waals surface area contributed by atoms with Crippen molar-refractivity contribution in [1.82, 2.24) is 10.2 Å². The molecule has 7 heteroatoms. The second-order valence-corrected chi connectivity index (χ2v) is 6.86. The van der Waals surface area contributed by atoms with Gasteiger partial charge in [0, 0.05) is 36.5 Å². The van der Waals surface area contributed by atoms with Gasteiger partial charge in [-0.25, -0.2) is 0 Å². The molecular weight excluding hydrogens is 384 g/mol. The summed E-state index contributed by atoms with van der Waals surface area (Å²) in [6, 6.07) is 12.6. The number of carbonyl (C=O) groups is 2. The van der Waals surface area contributed by atoms with E-state index < -0.39 is 0 Å². The van der Waals surface area contributed by atoms with Crippen molar-refractivity contribution in [2.75, 3.05) is 27.8 Å². The summed E-state index contributed by atoms with van der Waals surface area (Å²) in [7, 11) is 4.74. The van der Waals surface area contributed by atoms with E-state index in [-0.39, 0.29) is 18.4 Å². The van der Waals surface area contributed by atoms with Crippen LogP contribution in [-0.2, 0) is 17.8 Å². The maximum atomic E-state index is 12.6. The van der Waals surface area contributed by atoms with Gasteiger partial charge in [-0.1, -0.05) is 25.1 Å². The summed E-state index contributed by atoms with van der Waals surface area (Å²) in [5.74, 6) is 1.29. The van der Waals surface area contributed by atoms with Crippen LogP contribution in [0.5, 0.6) is 11.5 Å². The number of hydrogen-bond acceptors (Lipinski definition) is 5. The Bertz CT molecular complexity index is 1060. The highest BCUT2D eigenvalue weighted by Gasteiger charge is 2.18. The van der Waals surface area contributed by atoms with Gasteiger partial charge in [-0.3, -0.25) is 9.59 Å². The molecule has 0 aliphatic carbocycles. The predicted molar refractivity (Wildman–Crippen MR) is 114 cm³/mol. The summed E-state index contributed by atoms with van der Waals surface area (Å²) in [5.41, 5.74) is 2.19. The first-order valence-corrected chi connectivity index (χ1v) is 9.71. The van der Waals surface area contributed by atoms with Gasteiger partial charge in [-0.15, -0.1) is 0 Å². The van der Waals surface area contributed by atoms with Crippen molar-refractivity contribution < 1.29 is 23.5 Å². The molecule has 158 valence electrons. The largest absolute Gasteiger partial charge is 0.493 e. The van der Waals surface area contributed by atoms with Crippen molar-refractivity contribution in [3.05, 3.63) is 59.4 Å². The first kappa shape index (κ1) is 21.2. The molecule has 0 saturated carbocycles. The number of methoxy groups -OCH3 is 2. The van der Waals surface area contributed by atoms with E-state index in [1.165, 1.54) is 14.2 Å². The number of nitrogens with zero attached hydrogens (tertiary/aromatic N) is 1. The van der Waals surface area contributed by atoms with Crippen LogP contribution in [0.3, 0.4) is 0 Å². The van der Waals surface area contributed by atoms with Crippen LogP contribution in [0, 0.1) is 0 Å². The maximum absolute atomic E-state index is 12.6. The van der Waals surface area contributed by atoms with Gasteiger partial charge in [0.05, 0.1) is 20.8 Å². The van der Waals surface area contributed by atoms with Gasteiger partial charge >= 0.3 is 0 Å². The minimum absolute atomic E-state index is 0.110. The highest BCUT2D eigenvalue weighted by atomic mass is 16.5. The van der Waals surface area contributed by atoms with Crippen LogP contribution < -0.4 is 14.8 Å². The normalized spacial score (nSPS) is 10.7. The van der Waals surface area contributed by atoms with Crippen LogP contribution in [0.2, 0.25) is 0 Å². The van der Waals surface area contributed by atoms with E-state index in [4.69, 9.17) is 13.9 Å².